The van der Waals surface area contributed by atoms with Crippen molar-refractivity contribution in [2.75, 3.05) is 6.26 Å². The number of hydrogen-bond donors (Lipinski definition) is 1. The van der Waals surface area contributed by atoms with E-state index in [4.69, 9.17) is 16.7 Å². The zero-order valence-electron chi connectivity index (χ0n) is 8.71. The molecule has 1 N–H and O–H groups in total. The summed E-state index contributed by atoms with van der Waals surface area (Å²) in [6, 6.07) is 6.27. The predicted molar refractivity (Wildman–Crippen MR) is 64.1 cm³/mol. The lowest BCUT2D eigenvalue weighted by Gasteiger charge is -2.02. The molecule has 0 bridgehead atoms. The molecule has 0 fully saturated rings. The highest BCUT2D eigenvalue weighted by atomic mass is 35.5. The molecule has 1 aromatic heterocycles. The van der Waals surface area contributed by atoms with Crippen molar-refractivity contribution >= 4 is 38.5 Å². The highest BCUT2D eigenvalue weighted by molar-refractivity contribution is 7.89. The molecule has 2 rings (SSSR count). The Bertz CT molecular complexity index is 717. The monoisotopic (exact) mass is 273 g/mol. The van der Waals surface area contributed by atoms with Crippen molar-refractivity contribution in [3.05, 3.63) is 35.0 Å². The van der Waals surface area contributed by atoms with Crippen molar-refractivity contribution in [1.82, 2.24) is 3.97 Å². The number of aromatic nitrogens is 1. The second-order valence-electron chi connectivity index (χ2n) is 3.52. The average Bonchev–Trinajstić information content (AvgIpc) is 2.48. The molecule has 0 saturated carbocycles. The van der Waals surface area contributed by atoms with Gasteiger partial charge in [0.25, 0.3) is 0 Å². The van der Waals surface area contributed by atoms with Crippen molar-refractivity contribution in [2.24, 2.45) is 0 Å². The molecule has 0 atom stereocenters. The van der Waals surface area contributed by atoms with Gasteiger partial charge in [-0.3, -0.25) is 0 Å². The largest absolute Gasteiger partial charge is 0.478 e. The van der Waals surface area contributed by atoms with Crippen molar-refractivity contribution in [3.8, 4) is 0 Å². The van der Waals surface area contributed by atoms with E-state index in [0.717, 1.165) is 10.2 Å². The van der Waals surface area contributed by atoms with Crippen LogP contribution in [0, 0.1) is 0 Å². The van der Waals surface area contributed by atoms with Gasteiger partial charge in [-0.2, -0.15) is 0 Å². The fourth-order valence-electron chi connectivity index (χ4n) is 1.71. The molecule has 0 unspecified atom stereocenters. The Balaban J connectivity index is 3.05. The summed E-state index contributed by atoms with van der Waals surface area (Å²) in [5.74, 6) is -1.26. The molecule has 1 aromatic carbocycles. The van der Waals surface area contributed by atoms with E-state index >= 15 is 0 Å². The molecule has 0 aliphatic carbocycles. The topological polar surface area (TPSA) is 76.4 Å². The highest BCUT2D eigenvalue weighted by Crippen LogP contribution is 2.31. The molecule has 0 aliphatic heterocycles. The summed E-state index contributed by atoms with van der Waals surface area (Å²) in [7, 11) is -3.65. The third kappa shape index (κ3) is 1.79. The smallest absolute Gasteiger partial charge is 0.339 e. The molecule has 90 valence electrons. The maximum Gasteiger partial charge on any atom is 0.339 e. The van der Waals surface area contributed by atoms with Gasteiger partial charge in [-0.1, -0.05) is 29.8 Å². The van der Waals surface area contributed by atoms with Crippen LogP contribution in [0.4, 0.5) is 0 Å². The van der Waals surface area contributed by atoms with Crippen LogP contribution in [0.5, 0.6) is 0 Å². The number of rotatable bonds is 2. The number of nitrogens with zero attached hydrogens (tertiary/aromatic N) is 1. The number of halogens is 1. The number of benzene rings is 1. The zero-order chi connectivity index (χ0) is 12.8. The van der Waals surface area contributed by atoms with E-state index in [9.17, 15) is 13.2 Å². The molecule has 2 aromatic rings. The Morgan fingerprint density at radius 2 is 1.94 bits per heavy atom. The van der Waals surface area contributed by atoms with Gasteiger partial charge in [0.05, 0.1) is 11.8 Å². The highest BCUT2D eigenvalue weighted by Gasteiger charge is 2.24. The summed E-state index contributed by atoms with van der Waals surface area (Å²) in [5, 5.41) is 9.05. The fraction of sp³-hybridized carbons (Fsp3) is 0.100. The van der Waals surface area contributed by atoms with Gasteiger partial charge in [-0.05, 0) is 6.07 Å². The van der Waals surface area contributed by atoms with E-state index in [0.29, 0.717) is 5.39 Å². The standard InChI is InChI=1S/C10H8ClNO4S/c1-17(15,16)12-7-5-3-2-4-6(7)8(9(12)11)10(13)14/h2-5H,1H3,(H,13,14). The van der Waals surface area contributed by atoms with Crippen LogP contribution >= 0.6 is 11.6 Å². The summed E-state index contributed by atoms with van der Waals surface area (Å²) in [4.78, 5) is 11.1. The van der Waals surface area contributed by atoms with Crippen molar-refractivity contribution < 1.29 is 18.3 Å². The molecule has 0 spiro atoms. The Labute approximate surface area is 102 Å². The van der Waals surface area contributed by atoms with Crippen LogP contribution in [0.25, 0.3) is 10.9 Å². The van der Waals surface area contributed by atoms with Crippen LogP contribution in [0.3, 0.4) is 0 Å². The second-order valence-corrected chi connectivity index (χ2v) is 5.70. The lowest BCUT2D eigenvalue weighted by Crippen LogP contribution is -2.10. The summed E-state index contributed by atoms with van der Waals surface area (Å²) in [6.07, 6.45) is 0.969. The molecule has 0 amide bonds. The predicted octanol–water partition coefficient (Wildman–Crippen LogP) is 1.80. The first-order valence-electron chi connectivity index (χ1n) is 4.57. The lowest BCUT2D eigenvalue weighted by molar-refractivity contribution is 0.0699. The SMILES string of the molecule is CS(=O)(=O)n1c(Cl)c(C(=O)O)c2ccccc21. The van der Waals surface area contributed by atoms with Gasteiger partial charge in [-0.15, -0.1) is 0 Å². The third-order valence-corrected chi connectivity index (χ3v) is 3.82. The molecular formula is C10H8ClNO4S. The maximum absolute atomic E-state index is 11.6. The number of para-hydroxylation sites is 1. The van der Waals surface area contributed by atoms with Crippen LogP contribution in [0.1, 0.15) is 10.4 Å². The van der Waals surface area contributed by atoms with Gasteiger partial charge in [0.15, 0.2) is 0 Å². The van der Waals surface area contributed by atoms with E-state index in [2.05, 4.69) is 0 Å². The minimum atomic E-state index is -3.65. The van der Waals surface area contributed by atoms with Crippen molar-refractivity contribution in [3.63, 3.8) is 0 Å². The van der Waals surface area contributed by atoms with Gasteiger partial charge >= 0.3 is 5.97 Å². The molecule has 1 heterocycles. The Morgan fingerprint density at radius 1 is 1.35 bits per heavy atom. The number of hydrogen-bond acceptors (Lipinski definition) is 3. The van der Waals surface area contributed by atoms with E-state index in [-0.39, 0.29) is 16.2 Å². The third-order valence-electron chi connectivity index (χ3n) is 2.32. The number of aromatic carboxylic acids is 1. The van der Waals surface area contributed by atoms with Crippen LogP contribution in [0.15, 0.2) is 24.3 Å². The normalized spacial score (nSPS) is 11.9. The van der Waals surface area contributed by atoms with Crippen LogP contribution < -0.4 is 0 Å². The van der Waals surface area contributed by atoms with E-state index in [1.54, 1.807) is 12.1 Å². The van der Waals surface area contributed by atoms with Gasteiger partial charge in [0, 0.05) is 5.39 Å². The average molecular weight is 274 g/mol. The minimum absolute atomic E-state index is 0.201. The zero-order valence-corrected chi connectivity index (χ0v) is 10.3. The van der Waals surface area contributed by atoms with Crippen molar-refractivity contribution in [1.29, 1.82) is 0 Å². The lowest BCUT2D eigenvalue weighted by atomic mass is 10.2. The van der Waals surface area contributed by atoms with E-state index < -0.39 is 16.0 Å². The molecule has 0 aliphatic rings. The number of carboxylic acid groups (broad SMARTS) is 1. The van der Waals surface area contributed by atoms with Gasteiger partial charge in [0.2, 0.25) is 10.0 Å². The van der Waals surface area contributed by atoms with Crippen LogP contribution in [-0.4, -0.2) is 29.7 Å². The van der Waals surface area contributed by atoms with Crippen LogP contribution in [0.2, 0.25) is 5.15 Å². The number of carbonyl (C=O) groups is 1. The summed E-state index contributed by atoms with van der Waals surface area (Å²) in [6.45, 7) is 0. The maximum atomic E-state index is 11.6. The molecule has 5 nitrogen and oxygen atoms in total. The molecule has 0 saturated heterocycles. The minimum Gasteiger partial charge on any atom is -0.478 e. The number of carboxylic acids is 1. The first kappa shape index (κ1) is 11.9. The van der Waals surface area contributed by atoms with Crippen LogP contribution in [-0.2, 0) is 10.0 Å². The van der Waals surface area contributed by atoms with Gasteiger partial charge in [-0.25, -0.2) is 17.2 Å². The van der Waals surface area contributed by atoms with Gasteiger partial charge < -0.3 is 5.11 Å². The second kappa shape index (κ2) is 3.75. The van der Waals surface area contributed by atoms with E-state index in [1.165, 1.54) is 12.1 Å². The Kier molecular flexibility index (Phi) is 2.63. The Hall–Kier alpha value is -1.53. The molecule has 7 heteroatoms. The summed E-state index contributed by atoms with van der Waals surface area (Å²) in [5.41, 5.74) is 0.0603. The van der Waals surface area contributed by atoms with Gasteiger partial charge in [0.1, 0.15) is 10.7 Å². The summed E-state index contributed by atoms with van der Waals surface area (Å²) < 4.78 is 24.0. The number of fused-ring (bicyclic) bond motifs is 1. The molecule has 0 radical (unpaired) electrons. The molecule has 17 heavy (non-hydrogen) atoms. The molecular weight excluding hydrogens is 266 g/mol. The first-order valence-corrected chi connectivity index (χ1v) is 6.79. The van der Waals surface area contributed by atoms with E-state index in [1.807, 2.05) is 0 Å². The first-order chi connectivity index (χ1) is 7.84. The Morgan fingerprint density at radius 3 is 2.47 bits per heavy atom. The fourth-order valence-corrected chi connectivity index (χ4v) is 3.26. The van der Waals surface area contributed by atoms with Crippen molar-refractivity contribution in [2.45, 2.75) is 0 Å². The summed E-state index contributed by atoms with van der Waals surface area (Å²) >= 11 is 5.83. The quantitative estimate of drug-likeness (QED) is 0.905.